The van der Waals surface area contributed by atoms with Crippen molar-refractivity contribution in [1.82, 2.24) is 5.32 Å². The minimum Gasteiger partial charge on any atom is -0.481 e. The number of halogens is 1. The number of amides is 1. The van der Waals surface area contributed by atoms with Crippen molar-refractivity contribution in [2.24, 2.45) is 10.2 Å². The Labute approximate surface area is 117 Å². The second-order valence-corrected chi connectivity index (χ2v) is 5.09. The molecule has 0 radical (unpaired) electrons. The molecule has 1 atom stereocenters. The molecule has 20 heavy (non-hydrogen) atoms. The molecule has 0 bridgehead atoms. The highest BCUT2D eigenvalue weighted by atomic mass is 32.2. The molecule has 0 saturated carbocycles. The van der Waals surface area contributed by atoms with Gasteiger partial charge in [-0.3, -0.25) is 9.59 Å². The molecule has 1 aromatic rings. The van der Waals surface area contributed by atoms with Gasteiger partial charge in [0.15, 0.2) is 5.17 Å². The Morgan fingerprint density at radius 2 is 2.35 bits per heavy atom. The maximum Gasteiger partial charge on any atom is 0.305 e. The first-order valence-corrected chi connectivity index (χ1v) is 6.48. The van der Waals surface area contributed by atoms with E-state index >= 15 is 0 Å². The molecule has 1 aromatic carbocycles. The predicted octanol–water partition coefficient (Wildman–Crippen LogP) is 1.22. The highest BCUT2D eigenvalue weighted by Crippen LogP contribution is 2.22. The van der Waals surface area contributed by atoms with E-state index in [2.05, 4.69) is 15.5 Å². The molecule has 2 N–H and O–H groups in total. The van der Waals surface area contributed by atoms with Gasteiger partial charge < -0.3 is 10.4 Å². The second kappa shape index (κ2) is 6.29. The summed E-state index contributed by atoms with van der Waals surface area (Å²) in [6, 6.07) is 5.79. The molecule has 1 heterocycles. The molecule has 8 heteroatoms. The molecule has 1 aliphatic rings. The topological polar surface area (TPSA) is 91.1 Å². The van der Waals surface area contributed by atoms with Crippen molar-refractivity contribution in [2.75, 3.05) is 0 Å². The number of rotatable bonds is 4. The molecule has 104 valence electrons. The van der Waals surface area contributed by atoms with Crippen LogP contribution in [0.25, 0.3) is 0 Å². The van der Waals surface area contributed by atoms with Crippen LogP contribution in [0.4, 0.5) is 4.39 Å². The zero-order chi connectivity index (χ0) is 14.5. The zero-order valence-electron chi connectivity index (χ0n) is 10.1. The molecule has 0 spiro atoms. The number of amidine groups is 1. The van der Waals surface area contributed by atoms with E-state index < -0.39 is 17.1 Å². The van der Waals surface area contributed by atoms with Crippen LogP contribution < -0.4 is 5.32 Å². The summed E-state index contributed by atoms with van der Waals surface area (Å²) in [4.78, 5) is 22.0. The van der Waals surface area contributed by atoms with Crippen LogP contribution in [0.1, 0.15) is 12.0 Å². The van der Waals surface area contributed by atoms with Crippen molar-refractivity contribution in [3.05, 3.63) is 35.6 Å². The standard InChI is InChI=1S/C12H10FN3O3S/c13-8-3-1-2-7(4-8)6-14-16-12-15-11(19)9(20-12)5-10(17)18/h1-4,6,9H,5H2,(H,17,18)(H,15,16,19). The van der Waals surface area contributed by atoms with E-state index in [1.54, 1.807) is 12.1 Å². The Hall–Kier alpha value is -2.22. The first-order chi connectivity index (χ1) is 9.54. The maximum absolute atomic E-state index is 12.9. The largest absolute Gasteiger partial charge is 0.481 e. The van der Waals surface area contributed by atoms with Gasteiger partial charge in [0.2, 0.25) is 5.91 Å². The van der Waals surface area contributed by atoms with Crippen LogP contribution in [0.15, 0.2) is 34.5 Å². The maximum atomic E-state index is 12.9. The predicted molar refractivity (Wildman–Crippen MR) is 73.2 cm³/mol. The second-order valence-electron chi connectivity index (χ2n) is 3.90. The molecule has 1 aliphatic heterocycles. The summed E-state index contributed by atoms with van der Waals surface area (Å²) in [5, 5.41) is 18.1. The van der Waals surface area contributed by atoms with Gasteiger partial charge in [-0.25, -0.2) is 4.39 Å². The number of hydrogen-bond donors (Lipinski definition) is 2. The smallest absolute Gasteiger partial charge is 0.305 e. The highest BCUT2D eigenvalue weighted by Gasteiger charge is 2.32. The van der Waals surface area contributed by atoms with Crippen LogP contribution in [-0.2, 0) is 9.59 Å². The van der Waals surface area contributed by atoms with Crippen LogP contribution in [0.2, 0.25) is 0 Å². The van der Waals surface area contributed by atoms with Gasteiger partial charge in [-0.15, -0.1) is 5.10 Å². The fourth-order valence-corrected chi connectivity index (χ4v) is 2.40. The van der Waals surface area contributed by atoms with Crippen LogP contribution in [0, 0.1) is 5.82 Å². The number of nitrogens with one attached hydrogen (secondary N) is 1. The fraction of sp³-hybridized carbons (Fsp3) is 0.167. The number of thioether (sulfide) groups is 1. The SMILES string of the molecule is O=C(O)CC1SC(=NN=Cc2cccc(F)c2)NC1=O. The molecule has 0 aliphatic carbocycles. The van der Waals surface area contributed by atoms with Gasteiger partial charge in [0.1, 0.15) is 11.1 Å². The lowest BCUT2D eigenvalue weighted by molar-refractivity contribution is -0.138. The third-order valence-corrected chi connectivity index (χ3v) is 3.41. The van der Waals surface area contributed by atoms with Crippen molar-refractivity contribution in [3.8, 4) is 0 Å². The Morgan fingerprint density at radius 3 is 3.05 bits per heavy atom. The van der Waals surface area contributed by atoms with Crippen molar-refractivity contribution >= 4 is 35.0 Å². The summed E-state index contributed by atoms with van der Waals surface area (Å²) in [5.74, 6) is -1.84. The number of carbonyl (C=O) groups excluding carboxylic acids is 1. The van der Waals surface area contributed by atoms with E-state index in [-0.39, 0.29) is 17.4 Å². The van der Waals surface area contributed by atoms with Gasteiger partial charge in [-0.2, -0.15) is 5.10 Å². The first-order valence-electron chi connectivity index (χ1n) is 5.60. The Morgan fingerprint density at radius 1 is 1.55 bits per heavy atom. The normalized spacial score (nSPS) is 20.6. The lowest BCUT2D eigenvalue weighted by Crippen LogP contribution is -2.26. The number of benzene rings is 1. The summed E-state index contributed by atoms with van der Waals surface area (Å²) >= 11 is 1.01. The van der Waals surface area contributed by atoms with E-state index in [0.717, 1.165) is 11.8 Å². The summed E-state index contributed by atoms with van der Waals surface area (Å²) in [6.45, 7) is 0. The summed E-state index contributed by atoms with van der Waals surface area (Å²) in [6.07, 6.45) is 1.07. The number of carbonyl (C=O) groups is 2. The molecule has 1 amide bonds. The van der Waals surface area contributed by atoms with Crippen LogP contribution in [-0.4, -0.2) is 33.6 Å². The van der Waals surface area contributed by atoms with E-state index in [4.69, 9.17) is 5.11 Å². The Kier molecular flexibility index (Phi) is 4.46. The van der Waals surface area contributed by atoms with Gasteiger partial charge in [-0.1, -0.05) is 23.9 Å². The summed E-state index contributed by atoms with van der Waals surface area (Å²) in [7, 11) is 0. The van der Waals surface area contributed by atoms with Gasteiger partial charge in [0.05, 0.1) is 12.6 Å². The first kappa shape index (κ1) is 14.2. The minimum atomic E-state index is -1.05. The van der Waals surface area contributed by atoms with Gasteiger partial charge in [0, 0.05) is 0 Å². The average Bonchev–Trinajstić information content (AvgIpc) is 2.69. The molecule has 1 unspecified atom stereocenters. The Balaban J connectivity index is 1.99. The third kappa shape index (κ3) is 3.89. The molecule has 1 saturated heterocycles. The van der Waals surface area contributed by atoms with Crippen molar-refractivity contribution in [1.29, 1.82) is 0 Å². The summed E-state index contributed by atoms with van der Waals surface area (Å²) < 4.78 is 12.9. The third-order valence-electron chi connectivity index (χ3n) is 2.34. The van der Waals surface area contributed by atoms with Gasteiger partial charge >= 0.3 is 5.97 Å². The van der Waals surface area contributed by atoms with Crippen molar-refractivity contribution < 1.29 is 19.1 Å². The monoisotopic (exact) mass is 295 g/mol. The number of aliphatic carboxylic acids is 1. The van der Waals surface area contributed by atoms with E-state index in [1.807, 2.05) is 0 Å². The van der Waals surface area contributed by atoms with Crippen LogP contribution in [0.5, 0.6) is 0 Å². The minimum absolute atomic E-state index is 0.230. The average molecular weight is 295 g/mol. The lowest BCUT2D eigenvalue weighted by Gasteiger charge is -1.97. The molecule has 0 aromatic heterocycles. The quantitative estimate of drug-likeness (QED) is 0.645. The zero-order valence-corrected chi connectivity index (χ0v) is 10.9. The van der Waals surface area contributed by atoms with Crippen molar-refractivity contribution in [2.45, 2.75) is 11.7 Å². The molecule has 2 rings (SSSR count). The van der Waals surface area contributed by atoms with Crippen LogP contribution in [0.3, 0.4) is 0 Å². The molecular formula is C12H10FN3O3S. The molecule has 1 fully saturated rings. The van der Waals surface area contributed by atoms with Crippen LogP contribution >= 0.6 is 11.8 Å². The molecular weight excluding hydrogens is 285 g/mol. The number of hydrogen-bond acceptors (Lipinski definition) is 5. The van der Waals surface area contributed by atoms with E-state index in [1.165, 1.54) is 18.3 Å². The van der Waals surface area contributed by atoms with E-state index in [9.17, 15) is 14.0 Å². The summed E-state index contributed by atoms with van der Waals surface area (Å²) in [5.41, 5.74) is 0.533. The van der Waals surface area contributed by atoms with Gasteiger partial charge in [-0.05, 0) is 17.7 Å². The fourth-order valence-electron chi connectivity index (χ4n) is 1.48. The number of nitrogens with zero attached hydrogens (tertiary/aromatic N) is 2. The number of carboxylic acid groups (broad SMARTS) is 1. The Bertz CT molecular complexity index is 603. The molecule has 6 nitrogen and oxygen atoms in total. The van der Waals surface area contributed by atoms with Gasteiger partial charge in [0.25, 0.3) is 0 Å². The van der Waals surface area contributed by atoms with E-state index in [0.29, 0.717) is 5.56 Å². The number of carboxylic acids is 1. The van der Waals surface area contributed by atoms with Crippen molar-refractivity contribution in [3.63, 3.8) is 0 Å². The highest BCUT2D eigenvalue weighted by molar-refractivity contribution is 8.15. The lowest BCUT2D eigenvalue weighted by atomic mass is 10.2.